The molecule has 0 saturated heterocycles. The molecule has 0 spiro atoms. The molecular formula is C9H15N3O2. The van der Waals surface area contributed by atoms with Crippen molar-refractivity contribution < 1.29 is 9.90 Å². The normalized spacial score (nSPS) is 10.1. The first-order chi connectivity index (χ1) is 6.59. The van der Waals surface area contributed by atoms with Crippen molar-refractivity contribution in [2.45, 2.75) is 19.8 Å². The van der Waals surface area contributed by atoms with Crippen LogP contribution in [0.5, 0.6) is 0 Å². The third kappa shape index (κ3) is 3.08. The number of carboxylic acid groups (broad SMARTS) is 1. The topological polar surface area (TPSA) is 67.2 Å². The van der Waals surface area contributed by atoms with Crippen molar-refractivity contribution in [1.29, 1.82) is 0 Å². The standard InChI is InChI=1S/C9H15N3O2/c1-7-8(6-12(2)11-7)10-5-3-4-9(13)14/h6,10H,3-5H2,1-2H3,(H,13,14). The van der Waals surface area contributed by atoms with Gasteiger partial charge in [0.1, 0.15) is 0 Å². The summed E-state index contributed by atoms with van der Waals surface area (Å²) in [6, 6.07) is 0. The third-order valence-corrected chi connectivity index (χ3v) is 1.90. The van der Waals surface area contributed by atoms with Crippen LogP contribution in [0.3, 0.4) is 0 Å². The summed E-state index contributed by atoms with van der Waals surface area (Å²) in [7, 11) is 1.86. The Kier molecular flexibility index (Phi) is 3.50. The predicted octanol–water partition coefficient (Wildman–Crippen LogP) is 1.01. The summed E-state index contributed by atoms with van der Waals surface area (Å²) in [6.45, 7) is 2.58. The zero-order chi connectivity index (χ0) is 10.6. The smallest absolute Gasteiger partial charge is 0.303 e. The lowest BCUT2D eigenvalue weighted by atomic mass is 10.3. The zero-order valence-corrected chi connectivity index (χ0v) is 8.45. The van der Waals surface area contributed by atoms with Gasteiger partial charge in [0.15, 0.2) is 0 Å². The second-order valence-corrected chi connectivity index (χ2v) is 3.23. The Morgan fingerprint density at radius 1 is 1.71 bits per heavy atom. The fourth-order valence-corrected chi connectivity index (χ4v) is 1.24. The van der Waals surface area contributed by atoms with Gasteiger partial charge in [-0.2, -0.15) is 5.10 Å². The van der Waals surface area contributed by atoms with E-state index in [1.807, 2.05) is 20.2 Å². The van der Waals surface area contributed by atoms with Gasteiger partial charge in [0.05, 0.1) is 11.4 Å². The lowest BCUT2D eigenvalue weighted by Gasteiger charge is -2.02. The molecule has 0 atom stereocenters. The van der Waals surface area contributed by atoms with E-state index in [0.29, 0.717) is 13.0 Å². The number of carbonyl (C=O) groups is 1. The van der Waals surface area contributed by atoms with Crippen LogP contribution >= 0.6 is 0 Å². The van der Waals surface area contributed by atoms with E-state index < -0.39 is 5.97 Å². The number of aliphatic carboxylic acids is 1. The molecule has 0 saturated carbocycles. The van der Waals surface area contributed by atoms with Crippen LogP contribution in [0.25, 0.3) is 0 Å². The van der Waals surface area contributed by atoms with Crippen molar-refractivity contribution >= 4 is 11.7 Å². The average Bonchev–Trinajstić information content (AvgIpc) is 2.39. The highest BCUT2D eigenvalue weighted by Gasteiger charge is 2.02. The van der Waals surface area contributed by atoms with Gasteiger partial charge in [0.2, 0.25) is 0 Å². The van der Waals surface area contributed by atoms with E-state index in [-0.39, 0.29) is 6.42 Å². The Morgan fingerprint density at radius 3 is 2.93 bits per heavy atom. The maximum absolute atomic E-state index is 10.2. The van der Waals surface area contributed by atoms with Crippen LogP contribution in [0, 0.1) is 6.92 Å². The number of nitrogens with one attached hydrogen (secondary N) is 1. The molecule has 2 N–H and O–H groups in total. The molecule has 0 aromatic carbocycles. The van der Waals surface area contributed by atoms with Crippen LogP contribution in [0.15, 0.2) is 6.20 Å². The summed E-state index contributed by atoms with van der Waals surface area (Å²) in [5, 5.41) is 15.7. The zero-order valence-electron chi connectivity index (χ0n) is 8.45. The minimum absolute atomic E-state index is 0.201. The monoisotopic (exact) mass is 197 g/mol. The summed E-state index contributed by atoms with van der Waals surface area (Å²) >= 11 is 0. The van der Waals surface area contributed by atoms with E-state index in [9.17, 15) is 4.79 Å². The van der Waals surface area contributed by atoms with Gasteiger partial charge < -0.3 is 10.4 Å². The third-order valence-electron chi connectivity index (χ3n) is 1.90. The number of anilines is 1. The number of carboxylic acids is 1. The van der Waals surface area contributed by atoms with Gasteiger partial charge in [-0.25, -0.2) is 0 Å². The molecule has 0 unspecified atom stereocenters. The highest BCUT2D eigenvalue weighted by molar-refractivity contribution is 5.66. The molecule has 1 aromatic heterocycles. The largest absolute Gasteiger partial charge is 0.481 e. The van der Waals surface area contributed by atoms with Crippen LogP contribution in [-0.4, -0.2) is 27.4 Å². The van der Waals surface area contributed by atoms with E-state index >= 15 is 0 Å². The molecule has 5 heteroatoms. The molecule has 1 aromatic rings. The van der Waals surface area contributed by atoms with Crippen molar-refractivity contribution in [3.8, 4) is 0 Å². The van der Waals surface area contributed by atoms with Crippen molar-refractivity contribution in [3.63, 3.8) is 0 Å². The van der Waals surface area contributed by atoms with Gasteiger partial charge in [-0.05, 0) is 13.3 Å². The van der Waals surface area contributed by atoms with Crippen molar-refractivity contribution in [3.05, 3.63) is 11.9 Å². The molecule has 0 aliphatic heterocycles. The van der Waals surface area contributed by atoms with Crippen molar-refractivity contribution in [2.24, 2.45) is 7.05 Å². The molecule has 14 heavy (non-hydrogen) atoms. The van der Waals surface area contributed by atoms with E-state index in [1.165, 1.54) is 0 Å². The number of aromatic nitrogens is 2. The molecule has 78 valence electrons. The molecule has 0 bridgehead atoms. The maximum atomic E-state index is 10.2. The molecule has 1 heterocycles. The minimum Gasteiger partial charge on any atom is -0.481 e. The first-order valence-corrected chi connectivity index (χ1v) is 4.55. The van der Waals surface area contributed by atoms with E-state index in [2.05, 4.69) is 10.4 Å². The first-order valence-electron chi connectivity index (χ1n) is 4.55. The molecule has 0 fully saturated rings. The average molecular weight is 197 g/mol. The number of aryl methyl sites for hydroxylation is 2. The quantitative estimate of drug-likeness (QED) is 0.691. The van der Waals surface area contributed by atoms with Crippen LogP contribution in [0.4, 0.5) is 5.69 Å². The first kappa shape index (κ1) is 10.6. The van der Waals surface area contributed by atoms with Crippen LogP contribution in [0.1, 0.15) is 18.5 Å². The Balaban J connectivity index is 2.31. The summed E-state index contributed by atoms with van der Waals surface area (Å²) in [6.07, 6.45) is 2.71. The molecule has 0 aliphatic carbocycles. The Bertz CT molecular complexity index is 320. The summed E-state index contributed by atoms with van der Waals surface area (Å²) in [4.78, 5) is 10.2. The number of hydrogen-bond acceptors (Lipinski definition) is 3. The molecule has 5 nitrogen and oxygen atoms in total. The Labute approximate surface area is 82.7 Å². The summed E-state index contributed by atoms with van der Waals surface area (Å²) in [5.74, 6) is -0.755. The van der Waals surface area contributed by atoms with Crippen LogP contribution < -0.4 is 5.32 Å². The number of hydrogen-bond donors (Lipinski definition) is 2. The lowest BCUT2D eigenvalue weighted by Crippen LogP contribution is -2.04. The highest BCUT2D eigenvalue weighted by Crippen LogP contribution is 2.10. The van der Waals surface area contributed by atoms with Crippen LogP contribution in [-0.2, 0) is 11.8 Å². The Hall–Kier alpha value is -1.52. The molecule has 0 radical (unpaired) electrons. The van der Waals surface area contributed by atoms with Crippen molar-refractivity contribution in [2.75, 3.05) is 11.9 Å². The second kappa shape index (κ2) is 4.64. The Morgan fingerprint density at radius 2 is 2.43 bits per heavy atom. The maximum Gasteiger partial charge on any atom is 0.303 e. The fraction of sp³-hybridized carbons (Fsp3) is 0.556. The van der Waals surface area contributed by atoms with Gasteiger partial charge >= 0.3 is 5.97 Å². The van der Waals surface area contributed by atoms with Gasteiger partial charge in [-0.3, -0.25) is 9.48 Å². The SMILES string of the molecule is Cc1nn(C)cc1NCCCC(=O)O. The van der Waals surface area contributed by atoms with Gasteiger partial charge in [-0.1, -0.05) is 0 Å². The second-order valence-electron chi connectivity index (χ2n) is 3.23. The van der Waals surface area contributed by atoms with Gasteiger partial charge in [0, 0.05) is 26.2 Å². The van der Waals surface area contributed by atoms with Crippen molar-refractivity contribution in [1.82, 2.24) is 9.78 Å². The van der Waals surface area contributed by atoms with E-state index in [1.54, 1.807) is 4.68 Å². The predicted molar refractivity (Wildman–Crippen MR) is 53.3 cm³/mol. The van der Waals surface area contributed by atoms with E-state index in [0.717, 1.165) is 11.4 Å². The van der Waals surface area contributed by atoms with Gasteiger partial charge in [-0.15, -0.1) is 0 Å². The van der Waals surface area contributed by atoms with E-state index in [4.69, 9.17) is 5.11 Å². The number of nitrogens with zero attached hydrogens (tertiary/aromatic N) is 2. The highest BCUT2D eigenvalue weighted by atomic mass is 16.4. The van der Waals surface area contributed by atoms with Crippen LogP contribution in [0.2, 0.25) is 0 Å². The molecular weight excluding hydrogens is 182 g/mol. The summed E-state index contributed by atoms with van der Waals surface area (Å²) in [5.41, 5.74) is 1.90. The lowest BCUT2D eigenvalue weighted by molar-refractivity contribution is -0.137. The molecule has 1 rings (SSSR count). The fourth-order valence-electron chi connectivity index (χ4n) is 1.24. The molecule has 0 aliphatic rings. The minimum atomic E-state index is -0.755. The summed E-state index contributed by atoms with van der Waals surface area (Å²) < 4.78 is 1.73. The van der Waals surface area contributed by atoms with Gasteiger partial charge in [0.25, 0.3) is 0 Å². The molecule has 0 amide bonds. The number of rotatable bonds is 5.